The molecule has 0 aliphatic rings. The minimum Gasteiger partial charge on any atom is -0.481 e. The number of hydrogen-bond donors (Lipinski definition) is 1. The zero-order valence-electron chi connectivity index (χ0n) is 9.00. The molecule has 0 fully saturated rings. The SMILES string of the molecule is C.CC(=O)C(C)C.CC(C)C(=O)O.[Y]. The standard InChI is InChI=1S/C5H10O.C4H8O2.CH4.Y/c1-4(2)5(3)6;1-3(2)4(5)6;;/h4H,1-3H3;3H,1-2H3,(H,5,6);1H4;. The van der Waals surface area contributed by atoms with Crippen molar-refractivity contribution in [1.29, 1.82) is 0 Å². The summed E-state index contributed by atoms with van der Waals surface area (Å²) >= 11 is 0. The van der Waals surface area contributed by atoms with Crippen LogP contribution in [0.25, 0.3) is 0 Å². The summed E-state index contributed by atoms with van der Waals surface area (Å²) in [6.07, 6.45) is 0. The number of aliphatic carboxylic acids is 1. The van der Waals surface area contributed by atoms with E-state index in [2.05, 4.69) is 0 Å². The first kappa shape index (κ1) is 23.8. The Balaban J connectivity index is -0.0000000625. The minimum absolute atomic E-state index is 0. The van der Waals surface area contributed by atoms with Crippen molar-refractivity contribution in [2.45, 2.75) is 42.0 Å². The van der Waals surface area contributed by atoms with Gasteiger partial charge in [0.05, 0.1) is 5.92 Å². The van der Waals surface area contributed by atoms with Gasteiger partial charge in [-0.2, -0.15) is 0 Å². The van der Waals surface area contributed by atoms with Crippen LogP contribution in [-0.4, -0.2) is 16.9 Å². The minimum atomic E-state index is -0.741. The molecule has 14 heavy (non-hydrogen) atoms. The van der Waals surface area contributed by atoms with Crippen LogP contribution >= 0.6 is 0 Å². The molecule has 0 heterocycles. The fourth-order valence-corrected chi connectivity index (χ4v) is 0. The van der Waals surface area contributed by atoms with Crippen LogP contribution in [0.4, 0.5) is 0 Å². The number of hydrogen-bond acceptors (Lipinski definition) is 2. The van der Waals surface area contributed by atoms with Gasteiger partial charge in [0.25, 0.3) is 0 Å². The van der Waals surface area contributed by atoms with E-state index in [1.54, 1.807) is 20.8 Å². The molecule has 0 bridgehead atoms. The molecule has 0 aromatic carbocycles. The van der Waals surface area contributed by atoms with E-state index in [0.29, 0.717) is 0 Å². The molecule has 0 unspecified atom stereocenters. The van der Waals surface area contributed by atoms with E-state index in [1.165, 1.54) is 0 Å². The maximum atomic E-state index is 10.1. The van der Waals surface area contributed by atoms with Gasteiger partial charge in [-0.3, -0.25) is 9.59 Å². The molecule has 83 valence electrons. The van der Waals surface area contributed by atoms with E-state index < -0.39 is 5.97 Å². The van der Waals surface area contributed by atoms with Crippen LogP contribution in [-0.2, 0) is 42.3 Å². The van der Waals surface area contributed by atoms with Gasteiger partial charge in [0.15, 0.2) is 0 Å². The number of rotatable bonds is 2. The van der Waals surface area contributed by atoms with Gasteiger partial charge in [-0.15, -0.1) is 0 Å². The second-order valence-electron chi connectivity index (χ2n) is 3.26. The quantitative estimate of drug-likeness (QED) is 0.845. The van der Waals surface area contributed by atoms with Gasteiger partial charge in [-0.1, -0.05) is 35.1 Å². The van der Waals surface area contributed by atoms with Crippen LogP contribution in [0.5, 0.6) is 0 Å². The molecule has 0 aliphatic heterocycles. The number of carbonyl (C=O) groups excluding carboxylic acids is 1. The number of carboxylic acid groups (broad SMARTS) is 1. The summed E-state index contributed by atoms with van der Waals surface area (Å²) in [6, 6.07) is 0. The zero-order valence-corrected chi connectivity index (χ0v) is 11.8. The molecular formula is C10H22O3Y. The van der Waals surface area contributed by atoms with Crippen molar-refractivity contribution in [2.75, 3.05) is 0 Å². The smallest absolute Gasteiger partial charge is 0.305 e. The van der Waals surface area contributed by atoms with Crippen LogP contribution in [0, 0.1) is 11.8 Å². The van der Waals surface area contributed by atoms with Crippen molar-refractivity contribution in [1.82, 2.24) is 0 Å². The molecular weight excluding hydrogens is 257 g/mol. The molecule has 3 nitrogen and oxygen atoms in total. The van der Waals surface area contributed by atoms with Crippen molar-refractivity contribution >= 4 is 11.8 Å². The van der Waals surface area contributed by atoms with Crippen LogP contribution in [0.1, 0.15) is 42.0 Å². The predicted molar refractivity (Wildman–Crippen MR) is 54.7 cm³/mol. The maximum absolute atomic E-state index is 10.1. The van der Waals surface area contributed by atoms with Gasteiger partial charge >= 0.3 is 5.97 Å². The van der Waals surface area contributed by atoms with Crippen molar-refractivity contribution < 1.29 is 47.4 Å². The van der Waals surface area contributed by atoms with Crippen LogP contribution < -0.4 is 0 Å². The van der Waals surface area contributed by atoms with Gasteiger partial charge in [-0.05, 0) is 6.92 Å². The van der Waals surface area contributed by atoms with E-state index in [-0.39, 0.29) is 57.8 Å². The molecule has 0 amide bonds. The molecule has 1 N–H and O–H groups in total. The molecule has 0 aliphatic carbocycles. The normalized spacial score (nSPS) is 7.93. The first-order chi connectivity index (χ1) is 5.29. The third-order valence-corrected chi connectivity index (χ3v) is 1.31. The van der Waals surface area contributed by atoms with Crippen LogP contribution in [0.2, 0.25) is 0 Å². The topological polar surface area (TPSA) is 54.4 Å². The van der Waals surface area contributed by atoms with E-state index in [1.807, 2.05) is 13.8 Å². The van der Waals surface area contributed by atoms with Gasteiger partial charge in [-0.25, -0.2) is 0 Å². The summed E-state index contributed by atoms with van der Waals surface area (Å²) in [5.74, 6) is -0.500. The summed E-state index contributed by atoms with van der Waals surface area (Å²) in [6.45, 7) is 8.67. The van der Waals surface area contributed by atoms with Crippen molar-refractivity contribution in [3.8, 4) is 0 Å². The largest absolute Gasteiger partial charge is 0.481 e. The Morgan fingerprint density at radius 1 is 1.00 bits per heavy atom. The third kappa shape index (κ3) is 22.8. The van der Waals surface area contributed by atoms with Gasteiger partial charge in [0.2, 0.25) is 0 Å². The summed E-state index contributed by atoms with van der Waals surface area (Å²) in [7, 11) is 0. The third-order valence-electron chi connectivity index (χ3n) is 1.31. The second kappa shape index (κ2) is 13.2. The van der Waals surface area contributed by atoms with Crippen LogP contribution in [0.3, 0.4) is 0 Å². The van der Waals surface area contributed by atoms with E-state index in [0.717, 1.165) is 0 Å². The van der Waals surface area contributed by atoms with Gasteiger partial charge in [0, 0.05) is 38.6 Å². The molecule has 0 spiro atoms. The van der Waals surface area contributed by atoms with Crippen molar-refractivity contribution in [2.24, 2.45) is 11.8 Å². The van der Waals surface area contributed by atoms with E-state index in [4.69, 9.17) is 5.11 Å². The molecule has 0 saturated carbocycles. The van der Waals surface area contributed by atoms with Crippen molar-refractivity contribution in [3.05, 3.63) is 0 Å². The zero-order chi connectivity index (χ0) is 10.3. The fraction of sp³-hybridized carbons (Fsp3) is 0.800. The average Bonchev–Trinajstić information content (AvgIpc) is 1.88. The first-order valence-electron chi connectivity index (χ1n) is 4.02. The number of ketones is 1. The first-order valence-corrected chi connectivity index (χ1v) is 4.02. The summed E-state index contributed by atoms with van der Waals surface area (Å²) < 4.78 is 0. The van der Waals surface area contributed by atoms with Gasteiger partial charge in [0.1, 0.15) is 5.78 Å². The molecule has 0 aromatic heterocycles. The molecule has 0 atom stereocenters. The fourth-order valence-electron chi connectivity index (χ4n) is 0. The molecule has 1 radical (unpaired) electrons. The Hall–Kier alpha value is 0.244. The Morgan fingerprint density at radius 2 is 1.14 bits per heavy atom. The number of carbonyl (C=O) groups is 2. The predicted octanol–water partition coefficient (Wildman–Crippen LogP) is 2.59. The van der Waals surface area contributed by atoms with Gasteiger partial charge < -0.3 is 5.11 Å². The average molecular weight is 279 g/mol. The Morgan fingerprint density at radius 3 is 1.14 bits per heavy atom. The number of Topliss-reactive ketones (excluding diaryl/α,β-unsaturated/α-hetero) is 1. The molecule has 0 saturated heterocycles. The second-order valence-corrected chi connectivity index (χ2v) is 3.26. The van der Waals surface area contributed by atoms with E-state index in [9.17, 15) is 9.59 Å². The summed E-state index contributed by atoms with van der Waals surface area (Å²) in [4.78, 5) is 19.8. The Bertz CT molecular complexity index is 135. The number of carboxylic acids is 1. The molecule has 0 rings (SSSR count). The summed E-state index contributed by atoms with van der Waals surface area (Å²) in [5, 5.41) is 7.99. The Labute approximate surface area is 113 Å². The summed E-state index contributed by atoms with van der Waals surface area (Å²) in [5.41, 5.74) is 0. The molecule has 0 aromatic rings. The monoisotopic (exact) mass is 279 g/mol. The molecule has 4 heteroatoms. The maximum Gasteiger partial charge on any atom is 0.305 e. The Kier molecular flexibility index (Phi) is 22.5. The van der Waals surface area contributed by atoms with E-state index >= 15 is 0 Å². The van der Waals surface area contributed by atoms with Crippen LogP contribution in [0.15, 0.2) is 0 Å². The van der Waals surface area contributed by atoms with Crippen molar-refractivity contribution in [3.63, 3.8) is 0 Å².